The molecule has 0 unspecified atom stereocenters. The van der Waals surface area contributed by atoms with Crippen molar-refractivity contribution < 1.29 is 23.9 Å². The van der Waals surface area contributed by atoms with Crippen molar-refractivity contribution in [2.45, 2.75) is 19.1 Å². The number of ether oxygens (including phenoxy) is 2. The Morgan fingerprint density at radius 1 is 1.07 bits per heavy atom. The molecule has 0 aliphatic rings. The molecule has 2 aromatic rings. The van der Waals surface area contributed by atoms with E-state index in [-0.39, 0.29) is 19.6 Å². The van der Waals surface area contributed by atoms with E-state index in [0.717, 1.165) is 5.56 Å². The minimum absolute atomic E-state index is 0.0775. The molecule has 1 atom stereocenters. The van der Waals surface area contributed by atoms with Crippen LogP contribution < -0.4 is 10.6 Å². The highest BCUT2D eigenvalue weighted by Gasteiger charge is 2.23. The van der Waals surface area contributed by atoms with Gasteiger partial charge in [-0.25, -0.2) is 9.59 Å². The van der Waals surface area contributed by atoms with Crippen LogP contribution in [0.1, 0.15) is 11.1 Å². The molecule has 2 N–H and O–H groups in total. The van der Waals surface area contributed by atoms with E-state index >= 15 is 0 Å². The number of carbonyl (C=O) groups excluding carboxylic acids is 3. The van der Waals surface area contributed by atoms with Gasteiger partial charge in [-0.1, -0.05) is 59.6 Å². The van der Waals surface area contributed by atoms with Crippen LogP contribution in [0.2, 0.25) is 10.0 Å². The van der Waals surface area contributed by atoms with Crippen LogP contribution in [0.4, 0.5) is 4.79 Å². The van der Waals surface area contributed by atoms with Gasteiger partial charge in [0.1, 0.15) is 19.2 Å². The van der Waals surface area contributed by atoms with E-state index in [1.165, 1.54) is 7.11 Å². The van der Waals surface area contributed by atoms with Gasteiger partial charge in [0.15, 0.2) is 0 Å². The van der Waals surface area contributed by atoms with Gasteiger partial charge in [-0.15, -0.1) is 0 Å². The lowest BCUT2D eigenvalue weighted by Crippen LogP contribution is -2.47. The Bertz CT molecular complexity index is 861. The lowest BCUT2D eigenvalue weighted by Gasteiger charge is -2.17. The van der Waals surface area contributed by atoms with Crippen molar-refractivity contribution in [2.75, 3.05) is 13.7 Å². The Labute approximate surface area is 178 Å². The van der Waals surface area contributed by atoms with Gasteiger partial charge >= 0.3 is 12.1 Å². The molecule has 0 heterocycles. The van der Waals surface area contributed by atoms with E-state index in [4.69, 9.17) is 32.7 Å². The Morgan fingerprint density at radius 2 is 1.79 bits per heavy atom. The highest BCUT2D eigenvalue weighted by atomic mass is 35.5. The summed E-state index contributed by atoms with van der Waals surface area (Å²) in [4.78, 5) is 35.9. The predicted molar refractivity (Wildman–Crippen MR) is 109 cm³/mol. The van der Waals surface area contributed by atoms with Crippen molar-refractivity contribution in [3.8, 4) is 0 Å². The molecule has 0 saturated carbocycles. The Balaban J connectivity index is 1.85. The van der Waals surface area contributed by atoms with E-state index in [1.807, 2.05) is 30.3 Å². The predicted octanol–water partition coefficient (Wildman–Crippen LogP) is 3.12. The van der Waals surface area contributed by atoms with Crippen molar-refractivity contribution in [1.29, 1.82) is 0 Å². The second-order valence-electron chi connectivity index (χ2n) is 6.00. The summed E-state index contributed by atoms with van der Waals surface area (Å²) in [5, 5.41) is 5.66. The number of hydrogen-bond donors (Lipinski definition) is 2. The topological polar surface area (TPSA) is 93.7 Å². The zero-order chi connectivity index (χ0) is 21.2. The number of nitrogens with one attached hydrogen (secondary N) is 2. The van der Waals surface area contributed by atoms with Gasteiger partial charge in [0.25, 0.3) is 0 Å². The molecule has 0 spiro atoms. The molecule has 0 aliphatic carbocycles. The van der Waals surface area contributed by atoms with Gasteiger partial charge in [-0.3, -0.25) is 4.79 Å². The molecule has 154 valence electrons. The number of esters is 1. The third-order valence-corrected chi connectivity index (χ3v) is 4.45. The normalized spacial score (nSPS) is 11.3. The number of benzene rings is 2. The Morgan fingerprint density at radius 3 is 2.45 bits per heavy atom. The zero-order valence-corrected chi connectivity index (χ0v) is 17.1. The second-order valence-corrected chi connectivity index (χ2v) is 6.84. The van der Waals surface area contributed by atoms with Crippen molar-refractivity contribution in [3.05, 3.63) is 69.7 Å². The minimum atomic E-state index is -0.978. The highest BCUT2D eigenvalue weighted by molar-refractivity contribution is 6.35. The molecule has 0 bridgehead atoms. The van der Waals surface area contributed by atoms with Crippen LogP contribution in [0.15, 0.2) is 48.5 Å². The quantitative estimate of drug-likeness (QED) is 0.617. The van der Waals surface area contributed by atoms with Gasteiger partial charge < -0.3 is 20.1 Å². The summed E-state index contributed by atoms with van der Waals surface area (Å²) in [7, 11) is 1.21. The summed E-state index contributed by atoms with van der Waals surface area (Å²) in [5.74, 6) is -1.22. The molecule has 0 fully saturated rings. The van der Waals surface area contributed by atoms with E-state index < -0.39 is 24.0 Å². The van der Waals surface area contributed by atoms with Crippen LogP contribution in [0.25, 0.3) is 0 Å². The first-order chi connectivity index (χ1) is 13.9. The molecule has 2 amide bonds. The first kappa shape index (κ1) is 22.5. The van der Waals surface area contributed by atoms with Crippen LogP contribution in [0.3, 0.4) is 0 Å². The molecular weight excluding hydrogens is 419 g/mol. The number of amides is 2. The molecule has 2 rings (SSSR count). The lowest BCUT2D eigenvalue weighted by molar-refractivity contribution is -0.144. The number of methoxy groups -OCH3 is 1. The zero-order valence-electron chi connectivity index (χ0n) is 15.6. The number of halogens is 2. The number of alkyl carbamates (subject to hydrolysis) is 1. The van der Waals surface area contributed by atoms with E-state index in [2.05, 4.69) is 10.6 Å². The highest BCUT2D eigenvalue weighted by Crippen LogP contribution is 2.22. The van der Waals surface area contributed by atoms with Crippen molar-refractivity contribution in [2.24, 2.45) is 0 Å². The maximum Gasteiger partial charge on any atom is 0.407 e. The number of hydrogen-bond acceptors (Lipinski definition) is 5. The van der Waals surface area contributed by atoms with Gasteiger partial charge in [-0.05, 0) is 23.3 Å². The molecular formula is C20H20Cl2N2O5. The number of rotatable bonds is 8. The summed E-state index contributed by atoms with van der Waals surface area (Å²) in [6.07, 6.45) is -0.647. The maximum atomic E-state index is 12.1. The summed E-state index contributed by atoms with van der Waals surface area (Å²) in [6.45, 7) is -0.288. The first-order valence-electron chi connectivity index (χ1n) is 8.64. The smallest absolute Gasteiger partial charge is 0.407 e. The summed E-state index contributed by atoms with van der Waals surface area (Å²) in [6, 6.07) is 13.0. The molecule has 29 heavy (non-hydrogen) atoms. The molecule has 7 nitrogen and oxygen atoms in total. The fourth-order valence-corrected chi connectivity index (χ4v) is 2.90. The summed E-state index contributed by atoms with van der Waals surface area (Å²) in [5.41, 5.74) is 1.43. The monoisotopic (exact) mass is 438 g/mol. The van der Waals surface area contributed by atoms with Crippen molar-refractivity contribution in [1.82, 2.24) is 10.6 Å². The number of carbonyl (C=O) groups is 3. The Kier molecular flexibility index (Phi) is 8.76. The van der Waals surface area contributed by atoms with E-state index in [0.29, 0.717) is 15.6 Å². The van der Waals surface area contributed by atoms with Crippen molar-refractivity contribution in [3.63, 3.8) is 0 Å². The SMILES string of the molecule is COC(=O)[C@@H](Cc1ccc(Cl)cc1Cl)NC(=O)CNC(=O)OCc1ccccc1. The van der Waals surface area contributed by atoms with Crippen LogP contribution in [-0.4, -0.2) is 37.7 Å². The lowest BCUT2D eigenvalue weighted by atomic mass is 10.1. The maximum absolute atomic E-state index is 12.1. The van der Waals surface area contributed by atoms with E-state index in [1.54, 1.807) is 18.2 Å². The average Bonchev–Trinajstić information content (AvgIpc) is 2.72. The van der Waals surface area contributed by atoms with Crippen LogP contribution >= 0.6 is 23.2 Å². The van der Waals surface area contributed by atoms with Gasteiger partial charge in [0.05, 0.1) is 7.11 Å². The molecule has 0 aromatic heterocycles. The molecule has 2 aromatic carbocycles. The molecule has 9 heteroatoms. The third-order valence-electron chi connectivity index (χ3n) is 3.87. The molecule has 0 saturated heterocycles. The fourth-order valence-electron chi connectivity index (χ4n) is 2.41. The molecule has 0 aliphatic heterocycles. The van der Waals surface area contributed by atoms with Gasteiger partial charge in [-0.2, -0.15) is 0 Å². The average molecular weight is 439 g/mol. The minimum Gasteiger partial charge on any atom is -0.467 e. The van der Waals surface area contributed by atoms with Gasteiger partial charge in [0.2, 0.25) is 5.91 Å². The van der Waals surface area contributed by atoms with Crippen LogP contribution in [-0.2, 0) is 32.1 Å². The summed E-state index contributed by atoms with van der Waals surface area (Å²) >= 11 is 12.0. The third kappa shape index (κ3) is 7.63. The summed E-state index contributed by atoms with van der Waals surface area (Å²) < 4.78 is 9.75. The Hall–Kier alpha value is -2.77. The molecule has 0 radical (unpaired) electrons. The largest absolute Gasteiger partial charge is 0.467 e. The van der Waals surface area contributed by atoms with Gasteiger partial charge in [0, 0.05) is 16.5 Å². The van der Waals surface area contributed by atoms with E-state index in [9.17, 15) is 14.4 Å². The van der Waals surface area contributed by atoms with Crippen LogP contribution in [0.5, 0.6) is 0 Å². The van der Waals surface area contributed by atoms with Crippen molar-refractivity contribution >= 4 is 41.2 Å². The second kappa shape index (κ2) is 11.3. The first-order valence-corrected chi connectivity index (χ1v) is 9.40. The van der Waals surface area contributed by atoms with Crippen LogP contribution in [0, 0.1) is 0 Å². The standard InChI is InChI=1S/C20H20Cl2N2O5/c1-28-19(26)17(9-14-7-8-15(21)10-16(14)22)24-18(25)11-23-20(27)29-12-13-5-3-2-4-6-13/h2-8,10,17H,9,11-12H2,1H3,(H,23,27)(H,24,25)/t17-/m1/s1. The fraction of sp³-hybridized carbons (Fsp3) is 0.250.